The van der Waals surface area contributed by atoms with Gasteiger partial charge in [-0.1, -0.05) is 24.3 Å². The lowest BCUT2D eigenvalue weighted by Crippen LogP contribution is -2.43. The maximum absolute atomic E-state index is 13.0. The number of carboxylic acids is 1. The number of sulfonamides is 1. The largest absolute Gasteiger partial charge is 0.481 e. The van der Waals surface area contributed by atoms with Gasteiger partial charge in [0.25, 0.3) is 0 Å². The Kier molecular flexibility index (Phi) is 7.24. The predicted octanol–water partition coefficient (Wildman–Crippen LogP) is 4.33. The number of allylic oxidation sites excluding steroid dienone is 2. The molecular weight excluding hydrogens is 393 g/mol. The Bertz CT molecular complexity index is 863. The number of halogens is 1. The Balaban J connectivity index is 1.58. The molecule has 0 aromatic heterocycles. The van der Waals surface area contributed by atoms with Gasteiger partial charge in [-0.15, -0.1) is 0 Å². The molecule has 0 saturated heterocycles. The van der Waals surface area contributed by atoms with E-state index in [-0.39, 0.29) is 24.2 Å². The van der Waals surface area contributed by atoms with Crippen LogP contribution in [-0.4, -0.2) is 25.5 Å². The highest BCUT2D eigenvalue weighted by Gasteiger charge is 2.47. The number of rotatable bonds is 10. The van der Waals surface area contributed by atoms with Crippen LogP contribution in [0, 0.1) is 23.6 Å². The number of carbonyl (C=O) groups is 1. The summed E-state index contributed by atoms with van der Waals surface area (Å²) in [6.45, 7) is 0. The monoisotopic (exact) mass is 421 g/mol. The molecule has 29 heavy (non-hydrogen) atoms. The van der Waals surface area contributed by atoms with Crippen molar-refractivity contribution in [2.24, 2.45) is 17.8 Å². The number of fused-ring (bicyclic) bond motifs is 2. The van der Waals surface area contributed by atoms with Crippen molar-refractivity contribution in [3.05, 3.63) is 53.2 Å². The Morgan fingerprint density at radius 1 is 1.17 bits per heavy atom. The molecule has 2 aliphatic rings. The van der Waals surface area contributed by atoms with E-state index in [1.807, 2.05) is 6.08 Å². The van der Waals surface area contributed by atoms with E-state index in [2.05, 4.69) is 10.8 Å². The molecule has 2 fully saturated rings. The Morgan fingerprint density at radius 2 is 1.90 bits per heavy atom. The molecule has 0 radical (unpaired) electrons. The van der Waals surface area contributed by atoms with Crippen LogP contribution in [0.5, 0.6) is 0 Å². The third-order valence-corrected chi connectivity index (χ3v) is 7.13. The van der Waals surface area contributed by atoms with Gasteiger partial charge in [0, 0.05) is 17.9 Å². The van der Waals surface area contributed by atoms with Gasteiger partial charge >= 0.3 is 5.97 Å². The number of aliphatic carboxylic acids is 1. The van der Waals surface area contributed by atoms with Gasteiger partial charge in [0.1, 0.15) is 5.82 Å². The summed E-state index contributed by atoms with van der Waals surface area (Å²) in [5.74, 6) is 0.0500. The average Bonchev–Trinajstić information content (AvgIpc) is 3.26. The summed E-state index contributed by atoms with van der Waals surface area (Å²) in [6, 6.07) is 5.61. The van der Waals surface area contributed by atoms with E-state index in [0.717, 1.165) is 37.5 Å². The first-order valence-corrected chi connectivity index (χ1v) is 11.7. The summed E-state index contributed by atoms with van der Waals surface area (Å²) < 4.78 is 41.0. The van der Waals surface area contributed by atoms with Crippen LogP contribution in [0.25, 0.3) is 6.08 Å². The van der Waals surface area contributed by atoms with Crippen LogP contribution >= 0.6 is 0 Å². The van der Waals surface area contributed by atoms with E-state index >= 15 is 0 Å². The number of hydrogen-bond acceptors (Lipinski definition) is 3. The van der Waals surface area contributed by atoms with Crippen LogP contribution in [-0.2, 0) is 14.8 Å². The smallest absolute Gasteiger partial charge is 0.303 e. The first-order valence-electron chi connectivity index (χ1n) is 10.2. The second-order valence-corrected chi connectivity index (χ2v) is 9.63. The topological polar surface area (TPSA) is 83.5 Å². The van der Waals surface area contributed by atoms with Crippen molar-refractivity contribution in [2.45, 2.75) is 51.0 Å². The lowest BCUT2D eigenvalue weighted by molar-refractivity contribution is -0.137. The molecule has 7 heteroatoms. The summed E-state index contributed by atoms with van der Waals surface area (Å²) in [5, 5.41) is 9.83. The fraction of sp³-hybridized carbons (Fsp3) is 0.500. The van der Waals surface area contributed by atoms with Crippen molar-refractivity contribution in [3.63, 3.8) is 0 Å². The van der Waals surface area contributed by atoms with E-state index in [9.17, 15) is 17.6 Å². The van der Waals surface area contributed by atoms with Crippen molar-refractivity contribution in [1.29, 1.82) is 0 Å². The zero-order valence-electron chi connectivity index (χ0n) is 16.3. The minimum atomic E-state index is -3.59. The van der Waals surface area contributed by atoms with Crippen LogP contribution in [0.3, 0.4) is 0 Å². The van der Waals surface area contributed by atoms with Gasteiger partial charge in [0.05, 0.1) is 0 Å². The Hall–Kier alpha value is -1.99. The first kappa shape index (κ1) is 21.7. The van der Waals surface area contributed by atoms with E-state index in [0.29, 0.717) is 23.8 Å². The van der Waals surface area contributed by atoms with Crippen LogP contribution in [0.4, 0.5) is 4.39 Å². The summed E-state index contributed by atoms with van der Waals surface area (Å²) in [7, 11) is -3.59. The maximum Gasteiger partial charge on any atom is 0.303 e. The van der Waals surface area contributed by atoms with Gasteiger partial charge in [0.2, 0.25) is 10.0 Å². The Labute approximate surface area is 171 Å². The molecule has 0 amide bonds. The van der Waals surface area contributed by atoms with Crippen molar-refractivity contribution in [1.82, 2.24) is 4.72 Å². The van der Waals surface area contributed by atoms with E-state index in [1.165, 1.54) is 30.3 Å². The molecule has 2 N–H and O–H groups in total. The molecule has 1 aromatic carbocycles. The zero-order chi connectivity index (χ0) is 20.9. The standard InChI is InChI=1S/C22H28FNO4S/c23-19-11-7-16(8-12-19)13-14-29(27,28)24-22-18-10-9-17(15-18)20(22)5-3-1-2-4-6-21(25)26/h1,3,7-8,11-14,17-18,20,22,24H,2,4-6,9-10,15H2,(H,25,26)/b3-1+,14-13+. The second kappa shape index (κ2) is 9.67. The Morgan fingerprint density at radius 3 is 2.62 bits per heavy atom. The molecule has 1 aromatic rings. The molecule has 2 saturated carbocycles. The van der Waals surface area contributed by atoms with Gasteiger partial charge in [-0.3, -0.25) is 4.79 Å². The minimum absolute atomic E-state index is 0.0692. The van der Waals surface area contributed by atoms with Crippen LogP contribution in [0.2, 0.25) is 0 Å². The van der Waals surface area contributed by atoms with Crippen molar-refractivity contribution in [2.75, 3.05) is 0 Å². The zero-order valence-corrected chi connectivity index (χ0v) is 17.2. The highest BCUT2D eigenvalue weighted by molar-refractivity contribution is 7.92. The van der Waals surface area contributed by atoms with Gasteiger partial charge in [0.15, 0.2) is 0 Å². The third-order valence-electron chi connectivity index (χ3n) is 6.03. The number of nitrogens with one attached hydrogen (secondary N) is 1. The molecule has 158 valence electrons. The number of unbranched alkanes of at least 4 members (excludes halogenated alkanes) is 1. The highest BCUT2D eigenvalue weighted by atomic mass is 32.2. The maximum atomic E-state index is 13.0. The SMILES string of the molecule is O=C(O)CCC/C=C/CC1C2CCC(C2)C1NS(=O)(=O)/C=C/c1ccc(F)cc1. The van der Waals surface area contributed by atoms with Crippen LogP contribution < -0.4 is 4.72 Å². The molecule has 2 bridgehead atoms. The fourth-order valence-corrected chi connectivity index (χ4v) is 5.81. The van der Waals surface area contributed by atoms with E-state index in [1.54, 1.807) is 0 Å². The summed E-state index contributed by atoms with van der Waals surface area (Å²) in [4.78, 5) is 10.6. The predicted molar refractivity (Wildman–Crippen MR) is 111 cm³/mol. The van der Waals surface area contributed by atoms with Gasteiger partial charge in [-0.05, 0) is 80.1 Å². The van der Waals surface area contributed by atoms with E-state index < -0.39 is 16.0 Å². The summed E-state index contributed by atoms with van der Waals surface area (Å²) in [5.41, 5.74) is 0.630. The molecule has 2 aliphatic carbocycles. The molecular formula is C22H28FNO4S. The molecule has 5 nitrogen and oxygen atoms in total. The van der Waals surface area contributed by atoms with Crippen molar-refractivity contribution < 1.29 is 22.7 Å². The van der Waals surface area contributed by atoms with Gasteiger partial charge in [-0.25, -0.2) is 17.5 Å². The fourth-order valence-electron chi connectivity index (χ4n) is 4.65. The van der Waals surface area contributed by atoms with Crippen LogP contribution in [0.1, 0.15) is 50.5 Å². The lowest BCUT2D eigenvalue weighted by atomic mass is 9.83. The quantitative estimate of drug-likeness (QED) is 0.435. The van der Waals surface area contributed by atoms with Gasteiger partial charge < -0.3 is 5.11 Å². The van der Waals surface area contributed by atoms with Gasteiger partial charge in [-0.2, -0.15) is 0 Å². The molecule has 0 spiro atoms. The molecule has 4 unspecified atom stereocenters. The molecule has 3 rings (SSSR count). The van der Waals surface area contributed by atoms with E-state index in [4.69, 9.17) is 5.11 Å². The number of carboxylic acid groups (broad SMARTS) is 1. The summed E-state index contributed by atoms with van der Waals surface area (Å²) >= 11 is 0. The third kappa shape index (κ3) is 6.24. The molecule has 0 aliphatic heterocycles. The van der Waals surface area contributed by atoms with Crippen LogP contribution in [0.15, 0.2) is 41.8 Å². The number of benzene rings is 1. The summed E-state index contributed by atoms with van der Waals surface area (Å²) in [6.07, 6.45) is 11.1. The molecule has 4 atom stereocenters. The highest BCUT2D eigenvalue weighted by Crippen LogP contribution is 2.50. The second-order valence-electron chi connectivity index (χ2n) is 8.03. The van der Waals surface area contributed by atoms with Crippen molar-refractivity contribution >= 4 is 22.1 Å². The minimum Gasteiger partial charge on any atom is -0.481 e. The lowest BCUT2D eigenvalue weighted by Gasteiger charge is -2.30. The molecule has 0 heterocycles. The normalized spacial score (nSPS) is 26.7. The first-order chi connectivity index (χ1) is 13.8. The van der Waals surface area contributed by atoms with Crippen molar-refractivity contribution in [3.8, 4) is 0 Å². The average molecular weight is 422 g/mol. The number of hydrogen-bond donors (Lipinski definition) is 2.